The molecule has 26 heavy (non-hydrogen) atoms. The zero-order valence-electron chi connectivity index (χ0n) is 14.0. The second-order valence-electron chi connectivity index (χ2n) is 6.33. The minimum Gasteiger partial charge on any atom is -0.480 e. The van der Waals surface area contributed by atoms with Gasteiger partial charge in [-0.05, 0) is 18.8 Å². The first kappa shape index (κ1) is 18.0. The second-order valence-corrected chi connectivity index (χ2v) is 7.19. The van der Waals surface area contributed by atoms with Crippen LogP contribution in [0.5, 0.6) is 0 Å². The summed E-state index contributed by atoms with van der Waals surface area (Å²) in [5.41, 5.74) is 0.657. The maximum absolute atomic E-state index is 12.7. The number of thiazole rings is 1. The summed E-state index contributed by atoms with van der Waals surface area (Å²) in [7, 11) is 0. The van der Waals surface area contributed by atoms with Gasteiger partial charge in [0, 0.05) is 29.6 Å². The molecule has 136 valence electrons. The number of carboxylic acids is 1. The molecule has 1 amide bonds. The topological polar surface area (TPSA) is 114 Å². The molecule has 1 fully saturated rings. The fourth-order valence-corrected chi connectivity index (χ4v) is 3.81. The van der Waals surface area contributed by atoms with Crippen molar-refractivity contribution in [3.05, 3.63) is 45.5 Å². The van der Waals surface area contributed by atoms with E-state index in [1.165, 1.54) is 28.4 Å². The third-order valence-electron chi connectivity index (χ3n) is 4.44. The Morgan fingerprint density at radius 3 is 2.88 bits per heavy atom. The lowest BCUT2D eigenvalue weighted by atomic mass is 9.92. The van der Waals surface area contributed by atoms with Crippen molar-refractivity contribution in [2.75, 3.05) is 6.54 Å². The molecule has 2 aromatic rings. The van der Waals surface area contributed by atoms with Gasteiger partial charge in [-0.15, -0.1) is 11.3 Å². The number of carbonyl (C=O) groups excluding carboxylic acids is 1. The predicted molar refractivity (Wildman–Crippen MR) is 95.1 cm³/mol. The van der Waals surface area contributed by atoms with Crippen LogP contribution in [0.4, 0.5) is 5.69 Å². The zero-order valence-corrected chi connectivity index (χ0v) is 14.8. The number of non-ortho nitro benzene ring substituents is 1. The van der Waals surface area contributed by atoms with Crippen molar-refractivity contribution < 1.29 is 19.6 Å². The van der Waals surface area contributed by atoms with Crippen molar-refractivity contribution >= 4 is 28.9 Å². The standard InChI is InChI=1S/C17H17N3O5S/c1-10-5-6-19(14(7-10)17(22)23)16(21)13-9-26-15(18-13)11-3-2-4-12(8-11)20(24)25/h2-4,8-10,14H,5-7H2,1H3,(H,22,23). The Balaban J connectivity index is 1.85. The highest BCUT2D eigenvalue weighted by Gasteiger charge is 2.36. The highest BCUT2D eigenvalue weighted by molar-refractivity contribution is 7.13. The van der Waals surface area contributed by atoms with Gasteiger partial charge in [0.15, 0.2) is 0 Å². The number of carboxylic acid groups (broad SMARTS) is 1. The summed E-state index contributed by atoms with van der Waals surface area (Å²) < 4.78 is 0. The number of piperidine rings is 1. The Morgan fingerprint density at radius 2 is 2.19 bits per heavy atom. The quantitative estimate of drug-likeness (QED) is 0.649. The minimum absolute atomic E-state index is 0.0541. The van der Waals surface area contributed by atoms with E-state index in [0.717, 1.165) is 6.42 Å². The van der Waals surface area contributed by atoms with Crippen molar-refractivity contribution in [1.29, 1.82) is 0 Å². The molecule has 0 spiro atoms. The van der Waals surface area contributed by atoms with Gasteiger partial charge in [0.05, 0.1) is 4.92 Å². The van der Waals surface area contributed by atoms with Crippen LogP contribution >= 0.6 is 11.3 Å². The van der Waals surface area contributed by atoms with E-state index in [9.17, 15) is 24.8 Å². The number of nitrogens with zero attached hydrogens (tertiary/aromatic N) is 3. The van der Waals surface area contributed by atoms with Crippen molar-refractivity contribution in [2.45, 2.75) is 25.8 Å². The van der Waals surface area contributed by atoms with Gasteiger partial charge in [0.2, 0.25) is 0 Å². The molecule has 1 N–H and O–H groups in total. The van der Waals surface area contributed by atoms with Crippen LogP contribution in [0, 0.1) is 16.0 Å². The number of carbonyl (C=O) groups is 2. The summed E-state index contributed by atoms with van der Waals surface area (Å²) in [6.07, 6.45) is 1.17. The second kappa shape index (κ2) is 7.20. The molecular formula is C17H17N3O5S. The molecule has 8 nitrogen and oxygen atoms in total. The lowest BCUT2D eigenvalue weighted by Gasteiger charge is -2.35. The van der Waals surface area contributed by atoms with Gasteiger partial charge in [-0.3, -0.25) is 14.9 Å². The number of hydrogen-bond donors (Lipinski definition) is 1. The summed E-state index contributed by atoms with van der Waals surface area (Å²) in [4.78, 5) is 40.3. The number of likely N-dealkylation sites (tertiary alicyclic amines) is 1. The first-order valence-corrected chi connectivity index (χ1v) is 8.99. The summed E-state index contributed by atoms with van der Waals surface area (Å²) in [6, 6.07) is 5.17. The Bertz CT molecular complexity index is 866. The van der Waals surface area contributed by atoms with Crippen LogP contribution in [0.1, 0.15) is 30.3 Å². The number of rotatable bonds is 4. The van der Waals surface area contributed by atoms with E-state index >= 15 is 0 Å². The molecule has 1 saturated heterocycles. The van der Waals surface area contributed by atoms with Crippen LogP contribution in [-0.2, 0) is 4.79 Å². The van der Waals surface area contributed by atoms with E-state index in [1.54, 1.807) is 17.5 Å². The minimum atomic E-state index is -1.01. The zero-order chi connectivity index (χ0) is 18.8. The molecule has 9 heteroatoms. The number of hydrogen-bond acceptors (Lipinski definition) is 6. The summed E-state index contributed by atoms with van der Waals surface area (Å²) >= 11 is 1.20. The molecule has 1 aliphatic heterocycles. The van der Waals surface area contributed by atoms with Crippen molar-refractivity contribution in [3.63, 3.8) is 0 Å². The lowest BCUT2D eigenvalue weighted by Crippen LogP contribution is -2.49. The van der Waals surface area contributed by atoms with E-state index < -0.39 is 22.8 Å². The normalized spacial score (nSPS) is 20.0. The number of benzene rings is 1. The average Bonchev–Trinajstić information content (AvgIpc) is 3.11. The largest absolute Gasteiger partial charge is 0.480 e. The van der Waals surface area contributed by atoms with Gasteiger partial charge < -0.3 is 10.0 Å². The Hall–Kier alpha value is -2.81. The first-order chi connectivity index (χ1) is 12.4. The molecule has 2 heterocycles. The van der Waals surface area contributed by atoms with Gasteiger partial charge >= 0.3 is 5.97 Å². The molecule has 1 aromatic carbocycles. The smallest absolute Gasteiger partial charge is 0.326 e. The molecule has 0 aliphatic carbocycles. The Morgan fingerprint density at radius 1 is 1.42 bits per heavy atom. The van der Waals surface area contributed by atoms with Crippen molar-refractivity contribution in [2.24, 2.45) is 5.92 Å². The molecule has 2 atom stereocenters. The van der Waals surface area contributed by atoms with Crippen LogP contribution < -0.4 is 0 Å². The maximum Gasteiger partial charge on any atom is 0.326 e. The summed E-state index contributed by atoms with van der Waals surface area (Å²) in [6.45, 7) is 2.35. The van der Waals surface area contributed by atoms with Crippen molar-refractivity contribution in [1.82, 2.24) is 9.88 Å². The van der Waals surface area contributed by atoms with Gasteiger partial charge in [-0.1, -0.05) is 19.1 Å². The molecule has 2 unspecified atom stereocenters. The van der Waals surface area contributed by atoms with Crippen LogP contribution in [0.3, 0.4) is 0 Å². The van der Waals surface area contributed by atoms with Crippen LogP contribution in [0.2, 0.25) is 0 Å². The molecule has 1 aromatic heterocycles. The highest BCUT2D eigenvalue weighted by Crippen LogP contribution is 2.29. The molecule has 3 rings (SSSR count). The van der Waals surface area contributed by atoms with Crippen LogP contribution in [-0.4, -0.2) is 44.4 Å². The van der Waals surface area contributed by atoms with Crippen LogP contribution in [0.15, 0.2) is 29.6 Å². The first-order valence-electron chi connectivity index (χ1n) is 8.11. The molecule has 1 aliphatic rings. The molecular weight excluding hydrogens is 358 g/mol. The number of aliphatic carboxylic acids is 1. The predicted octanol–water partition coefficient (Wildman–Crippen LogP) is 3.04. The Labute approximate surface area is 153 Å². The monoisotopic (exact) mass is 375 g/mol. The number of aromatic nitrogens is 1. The summed E-state index contributed by atoms with van der Waals surface area (Å²) in [5.74, 6) is -1.19. The third-order valence-corrected chi connectivity index (χ3v) is 5.33. The van der Waals surface area contributed by atoms with Crippen molar-refractivity contribution in [3.8, 4) is 10.6 Å². The molecule has 0 saturated carbocycles. The van der Waals surface area contributed by atoms with Gasteiger partial charge in [-0.25, -0.2) is 9.78 Å². The fourth-order valence-electron chi connectivity index (χ4n) is 3.02. The number of nitro groups is 1. The van der Waals surface area contributed by atoms with E-state index in [-0.39, 0.29) is 17.3 Å². The molecule has 0 radical (unpaired) electrons. The van der Waals surface area contributed by atoms with Gasteiger partial charge in [0.1, 0.15) is 16.7 Å². The highest BCUT2D eigenvalue weighted by atomic mass is 32.1. The van der Waals surface area contributed by atoms with Gasteiger partial charge in [0.25, 0.3) is 11.6 Å². The van der Waals surface area contributed by atoms with E-state index in [2.05, 4.69) is 4.98 Å². The average molecular weight is 375 g/mol. The Kier molecular flexibility index (Phi) is 4.99. The van der Waals surface area contributed by atoms with E-state index in [4.69, 9.17) is 0 Å². The van der Waals surface area contributed by atoms with E-state index in [1.807, 2.05) is 6.92 Å². The lowest BCUT2D eigenvalue weighted by molar-refractivity contribution is -0.384. The summed E-state index contributed by atoms with van der Waals surface area (Å²) in [5, 5.41) is 22.4. The number of nitro benzene ring substituents is 1. The maximum atomic E-state index is 12.7. The SMILES string of the molecule is CC1CCN(C(=O)c2csc(-c3cccc([N+](=O)[O-])c3)n2)C(C(=O)O)C1. The number of amides is 1. The van der Waals surface area contributed by atoms with E-state index in [0.29, 0.717) is 23.5 Å². The fraction of sp³-hybridized carbons (Fsp3) is 0.353. The molecule has 0 bridgehead atoms. The van der Waals surface area contributed by atoms with Crippen LogP contribution in [0.25, 0.3) is 10.6 Å². The third kappa shape index (κ3) is 3.57. The van der Waals surface area contributed by atoms with Gasteiger partial charge in [-0.2, -0.15) is 0 Å².